The number of likely N-dealkylation sites (tertiary alicyclic amines) is 1. The molecule has 0 bridgehead atoms. The molecule has 0 unspecified atom stereocenters. The number of piperidine rings is 1. The maximum absolute atomic E-state index is 9.06. The Labute approximate surface area is 253 Å². The normalized spacial score (nSPS) is 14.1. The van der Waals surface area contributed by atoms with Gasteiger partial charge in [-0.25, -0.2) is 24.9 Å². The van der Waals surface area contributed by atoms with Gasteiger partial charge in [0, 0.05) is 43.8 Å². The third kappa shape index (κ3) is 5.44. The highest BCUT2D eigenvalue weighted by molar-refractivity contribution is 5.84. The number of nitriles is 1. The molecule has 0 aliphatic carbocycles. The summed E-state index contributed by atoms with van der Waals surface area (Å²) in [5, 5.41) is 19.8. The van der Waals surface area contributed by atoms with E-state index >= 15 is 0 Å². The van der Waals surface area contributed by atoms with Gasteiger partial charge in [0.05, 0.1) is 22.6 Å². The van der Waals surface area contributed by atoms with Crippen molar-refractivity contribution in [3.63, 3.8) is 0 Å². The number of imidazole rings is 1. The molecule has 218 valence electrons. The van der Waals surface area contributed by atoms with Crippen LogP contribution in [0.2, 0.25) is 0 Å². The van der Waals surface area contributed by atoms with Gasteiger partial charge >= 0.3 is 0 Å². The lowest BCUT2D eigenvalue weighted by molar-refractivity contribution is 0.211. The number of H-pyrrole nitrogens is 1. The minimum Gasteiger partial charge on any atom is -0.383 e. The van der Waals surface area contributed by atoms with E-state index < -0.39 is 0 Å². The minimum absolute atomic E-state index is 0.180. The van der Waals surface area contributed by atoms with Gasteiger partial charge in [-0.15, -0.1) is 0 Å². The number of rotatable bonds is 7. The molecule has 44 heavy (non-hydrogen) atoms. The lowest BCUT2D eigenvalue weighted by atomic mass is 10.0. The van der Waals surface area contributed by atoms with Crippen molar-refractivity contribution in [2.75, 3.05) is 24.1 Å². The predicted molar refractivity (Wildman–Crippen MR) is 167 cm³/mol. The molecule has 7 rings (SSSR count). The molecule has 0 saturated carbocycles. The van der Waals surface area contributed by atoms with Crippen LogP contribution in [0.5, 0.6) is 0 Å². The largest absolute Gasteiger partial charge is 0.383 e. The lowest BCUT2D eigenvalue weighted by Crippen LogP contribution is -2.38. The number of hydrogen-bond acceptors (Lipinski definition) is 10. The second-order valence-corrected chi connectivity index (χ2v) is 10.9. The average molecular weight is 583 g/mol. The zero-order chi connectivity index (χ0) is 30.0. The Balaban J connectivity index is 1.13. The van der Waals surface area contributed by atoms with Crippen molar-refractivity contribution in [3.8, 4) is 34.5 Å². The summed E-state index contributed by atoms with van der Waals surface area (Å²) in [6, 6.07) is 22.3. The number of nitrogens with one attached hydrogen (secondary N) is 2. The van der Waals surface area contributed by atoms with Gasteiger partial charge < -0.3 is 11.1 Å². The molecule has 0 radical (unpaired) electrons. The summed E-state index contributed by atoms with van der Waals surface area (Å²) in [5.41, 5.74) is 13.2. The maximum Gasteiger partial charge on any atom is 0.234 e. The van der Waals surface area contributed by atoms with Crippen LogP contribution in [0.1, 0.15) is 29.9 Å². The molecule has 1 aromatic carbocycles. The quantitative estimate of drug-likeness (QED) is 0.244. The summed E-state index contributed by atoms with van der Waals surface area (Å²) in [4.78, 5) is 24.9. The summed E-state index contributed by atoms with van der Waals surface area (Å²) < 4.78 is 2.04. The Bertz CT molecular complexity index is 1980. The Morgan fingerprint density at radius 1 is 1.00 bits per heavy atom. The first-order valence-electron chi connectivity index (χ1n) is 14.5. The molecule has 1 saturated heterocycles. The highest BCUT2D eigenvalue weighted by Gasteiger charge is 2.21. The molecular weight excluding hydrogens is 552 g/mol. The number of aryl methyl sites for hydroxylation is 1. The number of hydrogen-bond donors (Lipinski definition) is 3. The zero-order valence-corrected chi connectivity index (χ0v) is 24.1. The number of aromatic amines is 1. The predicted octanol–water partition coefficient (Wildman–Crippen LogP) is 4.50. The number of nitrogen functional groups attached to an aromatic ring is 1. The van der Waals surface area contributed by atoms with Gasteiger partial charge in [-0.05, 0) is 73.9 Å². The third-order valence-corrected chi connectivity index (χ3v) is 7.86. The van der Waals surface area contributed by atoms with Crippen LogP contribution in [0, 0.1) is 18.3 Å². The smallest absolute Gasteiger partial charge is 0.234 e. The van der Waals surface area contributed by atoms with E-state index in [1.807, 2.05) is 47.9 Å². The second-order valence-electron chi connectivity index (χ2n) is 10.9. The minimum atomic E-state index is 0.180. The maximum atomic E-state index is 9.06. The number of pyridine rings is 2. The van der Waals surface area contributed by atoms with Crippen LogP contribution >= 0.6 is 0 Å². The van der Waals surface area contributed by atoms with Gasteiger partial charge in [0.1, 0.15) is 23.2 Å². The lowest BCUT2D eigenvalue weighted by Gasteiger charge is -2.32. The fraction of sp³-hybridized carbons (Fsp3) is 0.219. The first-order valence-corrected chi connectivity index (χ1v) is 14.5. The molecule has 6 heterocycles. The molecule has 1 fully saturated rings. The summed E-state index contributed by atoms with van der Waals surface area (Å²) in [6.07, 6.45) is 5.27. The number of benzene rings is 1. The standard InChI is InChI=1S/C32H30N12/c1-20-17-27(42-41-20)25-8-9-26-32(38-25)44(31(39-26)24-3-2-13-36-30(24)34)23-6-4-21(5-7-23)19-43-15-11-22(12-16-43)37-28-10-14-35-29(18-33)40-28/h2-10,13-14,17,22H,11-12,15-16,19H2,1H3,(H2,34,36)(H,41,42)(H,35,37,40). The molecule has 0 spiro atoms. The Hall–Kier alpha value is -5.67. The molecule has 6 aromatic rings. The monoisotopic (exact) mass is 582 g/mol. The van der Waals surface area contributed by atoms with E-state index in [4.69, 9.17) is 21.0 Å². The number of anilines is 2. The molecule has 1 aliphatic heterocycles. The van der Waals surface area contributed by atoms with Crippen LogP contribution in [0.25, 0.3) is 39.6 Å². The van der Waals surface area contributed by atoms with Crippen molar-refractivity contribution in [1.29, 1.82) is 5.26 Å². The molecule has 4 N–H and O–H groups in total. The van der Waals surface area contributed by atoms with Crippen molar-refractivity contribution >= 4 is 22.8 Å². The molecule has 12 nitrogen and oxygen atoms in total. The van der Waals surface area contributed by atoms with E-state index in [1.165, 1.54) is 5.56 Å². The van der Waals surface area contributed by atoms with Crippen molar-refractivity contribution in [1.82, 2.24) is 44.6 Å². The zero-order valence-electron chi connectivity index (χ0n) is 24.1. The van der Waals surface area contributed by atoms with Gasteiger partial charge in [0.15, 0.2) is 11.5 Å². The first kappa shape index (κ1) is 27.2. The van der Waals surface area contributed by atoms with E-state index in [0.29, 0.717) is 23.5 Å². The highest BCUT2D eigenvalue weighted by Crippen LogP contribution is 2.32. The van der Waals surface area contributed by atoms with Crippen molar-refractivity contribution < 1.29 is 0 Å². The highest BCUT2D eigenvalue weighted by atomic mass is 15.2. The fourth-order valence-corrected chi connectivity index (χ4v) is 5.64. The van der Waals surface area contributed by atoms with Crippen LogP contribution in [-0.2, 0) is 6.54 Å². The van der Waals surface area contributed by atoms with Gasteiger partial charge in [-0.3, -0.25) is 14.6 Å². The number of nitrogens with zero attached hydrogens (tertiary/aromatic N) is 9. The second kappa shape index (κ2) is 11.5. The Morgan fingerprint density at radius 3 is 2.59 bits per heavy atom. The summed E-state index contributed by atoms with van der Waals surface area (Å²) >= 11 is 0. The van der Waals surface area contributed by atoms with Crippen molar-refractivity contribution in [2.45, 2.75) is 32.4 Å². The number of fused-ring (bicyclic) bond motifs is 1. The number of nitrogens with two attached hydrogens (primary N) is 1. The van der Waals surface area contributed by atoms with Crippen LogP contribution in [0.3, 0.4) is 0 Å². The van der Waals surface area contributed by atoms with Crippen LogP contribution < -0.4 is 11.1 Å². The van der Waals surface area contributed by atoms with Crippen molar-refractivity contribution in [2.24, 2.45) is 0 Å². The van der Waals surface area contributed by atoms with E-state index in [1.54, 1.807) is 18.5 Å². The molecule has 0 atom stereocenters. The Kier molecular flexibility index (Phi) is 7.13. The molecule has 12 heteroatoms. The molecule has 5 aromatic heterocycles. The van der Waals surface area contributed by atoms with E-state index in [-0.39, 0.29) is 5.82 Å². The molecular formula is C32H30N12. The topological polar surface area (TPSA) is 163 Å². The summed E-state index contributed by atoms with van der Waals surface area (Å²) in [6.45, 7) is 4.73. The summed E-state index contributed by atoms with van der Waals surface area (Å²) in [7, 11) is 0. The van der Waals surface area contributed by atoms with E-state index in [0.717, 1.165) is 72.0 Å². The Morgan fingerprint density at radius 2 is 1.84 bits per heavy atom. The van der Waals surface area contributed by atoms with Crippen LogP contribution in [-0.4, -0.2) is 63.7 Å². The van der Waals surface area contributed by atoms with Gasteiger partial charge in [-0.1, -0.05) is 12.1 Å². The van der Waals surface area contributed by atoms with Gasteiger partial charge in [0.25, 0.3) is 0 Å². The van der Waals surface area contributed by atoms with E-state index in [9.17, 15) is 0 Å². The molecule has 1 aliphatic rings. The molecule has 0 amide bonds. The van der Waals surface area contributed by atoms with E-state index in [2.05, 4.69) is 59.6 Å². The van der Waals surface area contributed by atoms with Gasteiger partial charge in [-0.2, -0.15) is 10.4 Å². The fourth-order valence-electron chi connectivity index (χ4n) is 5.64. The average Bonchev–Trinajstić information content (AvgIpc) is 3.66. The van der Waals surface area contributed by atoms with Crippen LogP contribution in [0.4, 0.5) is 11.6 Å². The van der Waals surface area contributed by atoms with Crippen molar-refractivity contribution in [3.05, 3.63) is 90.1 Å². The first-order chi connectivity index (χ1) is 21.5. The van der Waals surface area contributed by atoms with Gasteiger partial charge in [0.2, 0.25) is 5.82 Å². The SMILES string of the molecule is Cc1cc(-c2ccc3nc(-c4cccnc4N)n(-c4ccc(CN5CCC(Nc6ccnc(C#N)n6)CC5)cc4)c3n2)[nH]n1. The number of aromatic nitrogens is 8. The third-order valence-electron chi connectivity index (χ3n) is 7.86. The summed E-state index contributed by atoms with van der Waals surface area (Å²) in [5.74, 6) is 1.98. The van der Waals surface area contributed by atoms with Crippen LogP contribution in [0.15, 0.2) is 73.1 Å².